The molecule has 3 aromatic carbocycles. The van der Waals surface area contributed by atoms with Gasteiger partial charge in [-0.1, -0.05) is 78.9 Å². The standard InChI is InChI=1S/C28H25N3O4/c29-15-16-31-18-23(24-13-7-8-14-26(24)31)17-25(27(32)34-19-21-9-3-1-4-10-21)30-28(33)35-20-22-11-5-2-6-12-22/h1-14,18,23,25H,16-17,19-20H2/p+1/t23?,25-/m0/s1. The largest absolute Gasteiger partial charge is 0.459 e. The number of nitrogens with one attached hydrogen (secondary N) is 1. The Hall–Kier alpha value is -4.44. The molecule has 35 heavy (non-hydrogen) atoms. The summed E-state index contributed by atoms with van der Waals surface area (Å²) < 4.78 is 12.7. The molecule has 1 aliphatic rings. The number of nitrogens with zero attached hydrogens (tertiary/aromatic N) is 2. The van der Waals surface area contributed by atoms with Gasteiger partial charge in [-0.15, -0.1) is 0 Å². The second-order valence-corrected chi connectivity index (χ2v) is 8.19. The predicted octanol–water partition coefficient (Wildman–Crippen LogP) is 4.45. The summed E-state index contributed by atoms with van der Waals surface area (Å²) >= 11 is 0. The zero-order valence-electron chi connectivity index (χ0n) is 19.2. The van der Waals surface area contributed by atoms with Crippen molar-refractivity contribution in [2.45, 2.75) is 31.6 Å². The number of para-hydroxylation sites is 1. The van der Waals surface area contributed by atoms with Gasteiger partial charge in [0.05, 0.1) is 5.92 Å². The highest BCUT2D eigenvalue weighted by atomic mass is 16.6. The van der Waals surface area contributed by atoms with E-state index in [1.807, 2.05) is 95.7 Å². The van der Waals surface area contributed by atoms with Gasteiger partial charge in [-0.3, -0.25) is 0 Å². The first kappa shape index (κ1) is 23.7. The fourth-order valence-corrected chi connectivity index (χ4v) is 4.05. The van der Waals surface area contributed by atoms with E-state index in [9.17, 15) is 14.9 Å². The van der Waals surface area contributed by atoms with Crippen LogP contribution in [0, 0.1) is 11.3 Å². The Kier molecular flexibility index (Phi) is 7.87. The minimum Gasteiger partial charge on any atom is -0.459 e. The van der Waals surface area contributed by atoms with Crippen molar-refractivity contribution in [3.05, 3.63) is 102 Å². The maximum absolute atomic E-state index is 13.1. The maximum atomic E-state index is 13.1. The molecule has 1 aliphatic heterocycles. The molecule has 0 radical (unpaired) electrons. The van der Waals surface area contributed by atoms with Gasteiger partial charge in [0.15, 0.2) is 6.21 Å². The molecule has 1 unspecified atom stereocenters. The van der Waals surface area contributed by atoms with Gasteiger partial charge in [0.1, 0.15) is 25.3 Å². The highest BCUT2D eigenvalue weighted by Gasteiger charge is 2.35. The van der Waals surface area contributed by atoms with Crippen LogP contribution in [0.2, 0.25) is 0 Å². The zero-order valence-corrected chi connectivity index (χ0v) is 19.2. The second kappa shape index (κ2) is 11.6. The van der Waals surface area contributed by atoms with Crippen LogP contribution >= 0.6 is 0 Å². The van der Waals surface area contributed by atoms with Crippen molar-refractivity contribution in [1.29, 1.82) is 5.26 Å². The number of esters is 1. The summed E-state index contributed by atoms with van der Waals surface area (Å²) in [6, 6.07) is 27.6. The highest BCUT2D eigenvalue weighted by molar-refractivity contribution is 5.83. The number of hydrogen-bond acceptors (Lipinski definition) is 5. The molecule has 176 valence electrons. The highest BCUT2D eigenvalue weighted by Crippen LogP contribution is 2.34. The molecule has 0 aliphatic carbocycles. The summed E-state index contributed by atoms with van der Waals surface area (Å²) in [7, 11) is 0. The quantitative estimate of drug-likeness (QED) is 0.285. The van der Waals surface area contributed by atoms with Crippen LogP contribution in [0.4, 0.5) is 10.5 Å². The van der Waals surface area contributed by atoms with Crippen LogP contribution in [0.15, 0.2) is 84.9 Å². The van der Waals surface area contributed by atoms with Gasteiger partial charge in [0, 0.05) is 11.6 Å². The van der Waals surface area contributed by atoms with E-state index >= 15 is 0 Å². The third-order valence-corrected chi connectivity index (χ3v) is 5.75. The third kappa shape index (κ3) is 6.33. The molecule has 4 rings (SSSR count). The van der Waals surface area contributed by atoms with Crippen LogP contribution in [-0.2, 0) is 27.5 Å². The first-order valence-corrected chi connectivity index (χ1v) is 11.4. The Morgan fingerprint density at radius 1 is 0.886 bits per heavy atom. The second-order valence-electron chi connectivity index (χ2n) is 8.19. The summed E-state index contributed by atoms with van der Waals surface area (Å²) in [5, 5.41) is 11.9. The van der Waals surface area contributed by atoms with Crippen molar-refractivity contribution in [2.24, 2.45) is 0 Å². The molecule has 0 aromatic heterocycles. The molecule has 0 spiro atoms. The van der Waals surface area contributed by atoms with Gasteiger partial charge < -0.3 is 14.8 Å². The summed E-state index contributed by atoms with van der Waals surface area (Å²) in [6.45, 7) is 0.387. The van der Waals surface area contributed by atoms with E-state index in [0.29, 0.717) is 0 Å². The molecule has 1 N–H and O–H groups in total. The first-order chi connectivity index (χ1) is 17.1. The van der Waals surface area contributed by atoms with Crippen molar-refractivity contribution < 1.29 is 23.6 Å². The molecule has 0 saturated heterocycles. The lowest BCUT2D eigenvalue weighted by Gasteiger charge is -2.19. The average Bonchev–Trinajstić information content (AvgIpc) is 3.24. The van der Waals surface area contributed by atoms with E-state index in [4.69, 9.17) is 9.47 Å². The molecule has 1 amide bonds. The van der Waals surface area contributed by atoms with Crippen LogP contribution < -0.4 is 5.32 Å². The number of amides is 1. The molecule has 3 aromatic rings. The summed E-state index contributed by atoms with van der Waals surface area (Å²) in [5.41, 5.74) is 3.60. The minimum atomic E-state index is -0.932. The van der Waals surface area contributed by atoms with Gasteiger partial charge in [0.25, 0.3) is 0 Å². The van der Waals surface area contributed by atoms with Gasteiger partial charge in [0.2, 0.25) is 12.2 Å². The topological polar surface area (TPSA) is 91.4 Å². The molecule has 7 nitrogen and oxygen atoms in total. The number of benzene rings is 3. The smallest absolute Gasteiger partial charge is 0.408 e. The SMILES string of the molecule is N#CC[N+]1=CC(C[C@H](NC(=O)OCc2ccccc2)C(=O)OCc2ccccc2)c2ccccc21. The fourth-order valence-electron chi connectivity index (χ4n) is 4.05. The van der Waals surface area contributed by atoms with E-state index < -0.39 is 18.1 Å². The van der Waals surface area contributed by atoms with Gasteiger partial charge in [-0.05, 0) is 17.5 Å². The third-order valence-electron chi connectivity index (χ3n) is 5.75. The number of ether oxygens (including phenoxy) is 2. The zero-order chi connectivity index (χ0) is 24.5. The molecule has 7 heteroatoms. The molecule has 0 fully saturated rings. The van der Waals surface area contributed by atoms with E-state index in [0.717, 1.165) is 22.4 Å². The molecule has 0 saturated carbocycles. The maximum Gasteiger partial charge on any atom is 0.408 e. The van der Waals surface area contributed by atoms with Crippen LogP contribution in [0.3, 0.4) is 0 Å². The van der Waals surface area contributed by atoms with Crippen molar-refractivity contribution in [3.63, 3.8) is 0 Å². The lowest BCUT2D eigenvalue weighted by atomic mass is 9.94. The molecular formula is C28H26N3O4+. The number of carbonyl (C=O) groups excluding carboxylic acids is 2. The number of nitriles is 1. The van der Waals surface area contributed by atoms with Gasteiger partial charge in [-0.25, -0.2) is 9.59 Å². The summed E-state index contributed by atoms with van der Waals surface area (Å²) in [6.07, 6.45) is 1.49. The molecule has 2 atom stereocenters. The Bertz CT molecular complexity index is 1240. The minimum absolute atomic E-state index is 0.0901. The first-order valence-electron chi connectivity index (χ1n) is 11.4. The molecular weight excluding hydrogens is 442 g/mol. The lowest BCUT2D eigenvalue weighted by Crippen LogP contribution is -2.43. The molecule has 1 heterocycles. The average molecular weight is 469 g/mol. The Balaban J connectivity index is 1.47. The van der Waals surface area contributed by atoms with Gasteiger partial charge >= 0.3 is 12.1 Å². The summed E-state index contributed by atoms with van der Waals surface area (Å²) in [5.74, 6) is -0.724. The van der Waals surface area contributed by atoms with Crippen LogP contribution in [0.25, 0.3) is 0 Å². The van der Waals surface area contributed by atoms with Gasteiger partial charge in [-0.2, -0.15) is 9.84 Å². The number of rotatable bonds is 9. The van der Waals surface area contributed by atoms with E-state index in [2.05, 4.69) is 11.4 Å². The van der Waals surface area contributed by atoms with Crippen LogP contribution in [0.1, 0.15) is 29.0 Å². The monoisotopic (exact) mass is 468 g/mol. The van der Waals surface area contributed by atoms with Crippen molar-refractivity contribution in [3.8, 4) is 6.07 Å². The van der Waals surface area contributed by atoms with E-state index in [-0.39, 0.29) is 32.1 Å². The van der Waals surface area contributed by atoms with Crippen LogP contribution in [0.5, 0.6) is 0 Å². The number of alkyl carbamates (subject to hydrolysis) is 1. The lowest BCUT2D eigenvalue weighted by molar-refractivity contribution is -0.418. The molecule has 0 bridgehead atoms. The summed E-state index contributed by atoms with van der Waals surface area (Å²) in [4.78, 5) is 25.6. The van der Waals surface area contributed by atoms with Crippen LogP contribution in [-0.4, -0.2) is 35.4 Å². The van der Waals surface area contributed by atoms with E-state index in [1.54, 1.807) is 0 Å². The fraction of sp³-hybridized carbons (Fsp3) is 0.214. The Labute approximate surface area is 204 Å². The predicted molar refractivity (Wildman–Crippen MR) is 130 cm³/mol. The van der Waals surface area contributed by atoms with E-state index in [1.165, 1.54) is 0 Å². The van der Waals surface area contributed by atoms with Crippen molar-refractivity contribution in [1.82, 2.24) is 5.32 Å². The Morgan fingerprint density at radius 3 is 2.14 bits per heavy atom. The number of carbonyl (C=O) groups is 2. The van der Waals surface area contributed by atoms with Crippen molar-refractivity contribution >= 4 is 24.0 Å². The number of fused-ring (bicyclic) bond motifs is 1. The number of hydrogen-bond donors (Lipinski definition) is 1. The van der Waals surface area contributed by atoms with Crippen molar-refractivity contribution in [2.75, 3.05) is 6.54 Å². The normalized spacial score (nSPS) is 14.7. The Morgan fingerprint density at radius 2 is 1.49 bits per heavy atom.